The van der Waals surface area contributed by atoms with Gasteiger partial charge in [-0.05, 0) is 26.8 Å². The molecule has 0 aliphatic heterocycles. The van der Waals surface area contributed by atoms with Crippen molar-refractivity contribution >= 4 is 46.7 Å². The van der Waals surface area contributed by atoms with E-state index >= 15 is 0 Å². The maximum atomic E-state index is 12.5. The van der Waals surface area contributed by atoms with E-state index in [0.717, 1.165) is 11.4 Å². The smallest absolute Gasteiger partial charge is 0.277 e. The Hall–Kier alpha value is -2.85. The summed E-state index contributed by atoms with van der Waals surface area (Å²) in [5, 5.41) is 18.5. The summed E-state index contributed by atoms with van der Waals surface area (Å²) in [6.45, 7) is 5.23. The second kappa shape index (κ2) is 7.88. The first-order valence-electron chi connectivity index (χ1n) is 8.65. The first-order chi connectivity index (χ1) is 13.6. The minimum absolute atomic E-state index is 0.121. The normalized spacial score (nSPS) is 12.1. The van der Waals surface area contributed by atoms with Crippen LogP contribution in [0.2, 0.25) is 10.0 Å². The molecule has 0 bridgehead atoms. The van der Waals surface area contributed by atoms with Crippen LogP contribution >= 0.6 is 23.2 Å². The van der Waals surface area contributed by atoms with Crippen molar-refractivity contribution in [2.75, 3.05) is 10.6 Å². The molecule has 1 unspecified atom stereocenters. The molecule has 2 N–H and O–H groups in total. The number of carbonyl (C=O) groups is 2. The van der Waals surface area contributed by atoms with Crippen molar-refractivity contribution in [2.45, 2.75) is 26.8 Å². The summed E-state index contributed by atoms with van der Waals surface area (Å²) >= 11 is 12.3. The zero-order chi connectivity index (χ0) is 21.5. The number of amides is 2. The third kappa shape index (κ3) is 3.99. The number of carbonyl (C=O) groups excluding carboxylic acids is 2. The van der Waals surface area contributed by atoms with E-state index in [1.54, 1.807) is 44.2 Å². The number of rotatable bonds is 5. The van der Waals surface area contributed by atoms with Gasteiger partial charge in [0.1, 0.15) is 16.1 Å². The van der Waals surface area contributed by atoms with Gasteiger partial charge in [-0.3, -0.25) is 23.6 Å². The minimum atomic E-state index is -0.699. The fourth-order valence-electron chi connectivity index (χ4n) is 2.51. The lowest BCUT2D eigenvalue weighted by Gasteiger charge is -2.11. The van der Waals surface area contributed by atoms with Crippen LogP contribution in [0.4, 0.5) is 11.6 Å². The number of nitrogens with one attached hydrogen (secondary N) is 2. The van der Waals surface area contributed by atoms with Gasteiger partial charge in [-0.2, -0.15) is 15.3 Å². The highest BCUT2D eigenvalue weighted by molar-refractivity contribution is 6.34. The lowest BCUT2D eigenvalue weighted by Crippen LogP contribution is -2.25. The van der Waals surface area contributed by atoms with Crippen molar-refractivity contribution in [3.8, 4) is 0 Å². The highest BCUT2D eigenvalue weighted by Gasteiger charge is 2.22. The third-order valence-corrected chi connectivity index (χ3v) is 5.52. The van der Waals surface area contributed by atoms with Crippen LogP contribution in [-0.2, 0) is 18.9 Å². The molecular formula is C17H20Cl2N8O2. The Bertz CT molecular complexity index is 1100. The maximum Gasteiger partial charge on any atom is 0.277 e. The molecule has 0 spiro atoms. The van der Waals surface area contributed by atoms with Crippen LogP contribution in [0.25, 0.3) is 0 Å². The highest BCUT2D eigenvalue weighted by atomic mass is 35.5. The number of hydrogen-bond donors (Lipinski definition) is 2. The van der Waals surface area contributed by atoms with E-state index in [-0.39, 0.29) is 23.2 Å². The van der Waals surface area contributed by atoms with E-state index in [1.165, 1.54) is 16.9 Å². The van der Waals surface area contributed by atoms with Crippen molar-refractivity contribution in [1.82, 2.24) is 29.3 Å². The van der Waals surface area contributed by atoms with E-state index in [1.807, 2.05) is 0 Å². The Morgan fingerprint density at radius 1 is 0.966 bits per heavy atom. The molecule has 0 radical (unpaired) electrons. The van der Waals surface area contributed by atoms with E-state index in [2.05, 4.69) is 25.9 Å². The van der Waals surface area contributed by atoms with Crippen molar-refractivity contribution in [3.05, 3.63) is 39.4 Å². The summed E-state index contributed by atoms with van der Waals surface area (Å²) < 4.78 is 4.51. The summed E-state index contributed by atoms with van der Waals surface area (Å²) in [6, 6.07) is 0.802. The van der Waals surface area contributed by atoms with Gasteiger partial charge in [-0.1, -0.05) is 23.2 Å². The van der Waals surface area contributed by atoms with Crippen LogP contribution < -0.4 is 10.6 Å². The molecule has 3 aromatic heterocycles. The minimum Gasteiger partial charge on any atom is -0.306 e. The summed E-state index contributed by atoms with van der Waals surface area (Å²) in [4.78, 5) is 25.0. The molecule has 0 saturated heterocycles. The van der Waals surface area contributed by atoms with Crippen LogP contribution in [0.15, 0.2) is 12.3 Å². The van der Waals surface area contributed by atoms with Crippen molar-refractivity contribution in [1.29, 1.82) is 0 Å². The van der Waals surface area contributed by atoms with Crippen LogP contribution in [0.3, 0.4) is 0 Å². The summed E-state index contributed by atoms with van der Waals surface area (Å²) in [5.41, 5.74) is 1.58. The van der Waals surface area contributed by atoms with Gasteiger partial charge in [0.25, 0.3) is 5.91 Å². The fraction of sp³-hybridized carbons (Fsp3) is 0.353. The number of anilines is 2. The molecule has 0 aromatic carbocycles. The second-order valence-corrected chi connectivity index (χ2v) is 7.30. The van der Waals surface area contributed by atoms with E-state index in [4.69, 9.17) is 23.2 Å². The number of halogens is 2. The molecule has 2 amide bonds. The highest BCUT2D eigenvalue weighted by Crippen LogP contribution is 2.25. The van der Waals surface area contributed by atoms with Crippen molar-refractivity contribution in [2.24, 2.45) is 14.1 Å². The Labute approximate surface area is 176 Å². The molecule has 0 fully saturated rings. The molecule has 3 rings (SSSR count). The number of aryl methyl sites for hydroxylation is 2. The van der Waals surface area contributed by atoms with E-state index < -0.39 is 11.9 Å². The van der Waals surface area contributed by atoms with Gasteiger partial charge in [-0.15, -0.1) is 0 Å². The van der Waals surface area contributed by atoms with Gasteiger partial charge in [0.05, 0.1) is 11.4 Å². The molecule has 154 valence electrons. The average molecular weight is 439 g/mol. The van der Waals surface area contributed by atoms with Crippen LogP contribution in [0.5, 0.6) is 0 Å². The molecule has 0 aliphatic carbocycles. The Kier molecular flexibility index (Phi) is 5.67. The molecule has 29 heavy (non-hydrogen) atoms. The number of nitrogens with zero attached hydrogens (tertiary/aromatic N) is 6. The zero-order valence-electron chi connectivity index (χ0n) is 16.5. The van der Waals surface area contributed by atoms with Gasteiger partial charge in [0.2, 0.25) is 5.91 Å². The average Bonchev–Trinajstić information content (AvgIpc) is 3.33. The monoisotopic (exact) mass is 438 g/mol. The first kappa shape index (κ1) is 20.9. The van der Waals surface area contributed by atoms with Gasteiger partial charge in [-0.25, -0.2) is 0 Å². The second-order valence-electron chi connectivity index (χ2n) is 6.54. The Morgan fingerprint density at radius 3 is 1.97 bits per heavy atom. The zero-order valence-corrected chi connectivity index (χ0v) is 18.0. The lowest BCUT2D eigenvalue weighted by atomic mass is 10.3. The predicted molar refractivity (Wildman–Crippen MR) is 109 cm³/mol. The maximum absolute atomic E-state index is 12.5. The van der Waals surface area contributed by atoms with Crippen LogP contribution in [0, 0.1) is 13.8 Å². The summed E-state index contributed by atoms with van der Waals surface area (Å²) in [7, 11) is 3.45. The van der Waals surface area contributed by atoms with E-state index in [9.17, 15) is 9.59 Å². The Morgan fingerprint density at radius 2 is 1.48 bits per heavy atom. The molecule has 3 aromatic rings. The predicted octanol–water partition coefficient (Wildman–Crippen LogP) is 2.73. The molecule has 0 aliphatic rings. The number of aromatic nitrogens is 6. The standard InChI is InChI=1S/C17H20Cl2N8O2/c1-8-12(18)14(23-25(8)4)20-16(28)10(3)27-7-6-11(22-27)17(29)21-15-13(19)9(2)26(5)24-15/h6-7,10H,1-5H3,(H,20,23,28)(H,21,24,29). The molecular weight excluding hydrogens is 419 g/mol. The molecule has 0 saturated carbocycles. The van der Waals surface area contributed by atoms with Crippen molar-refractivity contribution in [3.63, 3.8) is 0 Å². The largest absolute Gasteiger partial charge is 0.306 e. The van der Waals surface area contributed by atoms with Gasteiger partial charge in [0.15, 0.2) is 17.3 Å². The molecule has 3 heterocycles. The van der Waals surface area contributed by atoms with Crippen LogP contribution in [-0.4, -0.2) is 41.2 Å². The topological polar surface area (TPSA) is 112 Å². The molecule has 1 atom stereocenters. The first-order valence-corrected chi connectivity index (χ1v) is 9.41. The number of hydrogen-bond acceptors (Lipinski definition) is 5. The summed E-state index contributed by atoms with van der Waals surface area (Å²) in [6.07, 6.45) is 1.54. The van der Waals surface area contributed by atoms with Crippen LogP contribution in [0.1, 0.15) is 34.8 Å². The SMILES string of the molecule is Cc1c(Cl)c(NC(=O)c2ccn(C(C)C(=O)Nc3nn(C)c(C)c3Cl)n2)nn1C. The quantitative estimate of drug-likeness (QED) is 0.635. The molecule has 12 heteroatoms. The van der Waals surface area contributed by atoms with Gasteiger partial charge in [0, 0.05) is 20.3 Å². The van der Waals surface area contributed by atoms with Gasteiger partial charge < -0.3 is 10.6 Å². The van der Waals surface area contributed by atoms with E-state index in [0.29, 0.717) is 10.0 Å². The van der Waals surface area contributed by atoms with Crippen molar-refractivity contribution < 1.29 is 9.59 Å². The lowest BCUT2D eigenvalue weighted by molar-refractivity contribution is -0.119. The Balaban J connectivity index is 1.71. The molecule has 10 nitrogen and oxygen atoms in total. The van der Waals surface area contributed by atoms with Gasteiger partial charge >= 0.3 is 0 Å². The summed E-state index contributed by atoms with van der Waals surface area (Å²) in [5.74, 6) is -0.339. The third-order valence-electron chi connectivity index (χ3n) is 4.61. The fourth-order valence-corrected chi connectivity index (χ4v) is 2.93.